The first-order valence-electron chi connectivity index (χ1n) is 6.97. The normalized spacial score (nSPS) is 13.7. The summed E-state index contributed by atoms with van der Waals surface area (Å²) in [6, 6.07) is 16.8. The summed E-state index contributed by atoms with van der Waals surface area (Å²) in [5, 5.41) is 22.8. The van der Waals surface area contributed by atoms with Crippen molar-refractivity contribution in [1.82, 2.24) is 5.32 Å². The Labute approximate surface area is 125 Å². The van der Waals surface area contributed by atoms with Crippen LogP contribution in [0.3, 0.4) is 0 Å². The minimum absolute atomic E-state index is 0.0265. The van der Waals surface area contributed by atoms with Crippen LogP contribution < -0.4 is 10.1 Å². The fraction of sp³-hybridized carbons (Fsp3) is 0.294. The molecule has 2 aromatic rings. The van der Waals surface area contributed by atoms with Gasteiger partial charge in [0.15, 0.2) is 0 Å². The Morgan fingerprint density at radius 1 is 1.00 bits per heavy atom. The van der Waals surface area contributed by atoms with Gasteiger partial charge in [0.05, 0.1) is 25.9 Å². The topological polar surface area (TPSA) is 61.7 Å². The first-order chi connectivity index (χ1) is 10.3. The lowest BCUT2D eigenvalue weighted by Gasteiger charge is -2.25. The number of nitrogens with one attached hydrogen (secondary N) is 1. The molecule has 2 aromatic carbocycles. The van der Waals surface area contributed by atoms with E-state index in [1.165, 1.54) is 0 Å². The number of aliphatic hydroxyl groups is 2. The molecule has 2 rings (SSSR count). The van der Waals surface area contributed by atoms with Crippen molar-refractivity contribution in [3.63, 3.8) is 0 Å². The van der Waals surface area contributed by atoms with Crippen molar-refractivity contribution in [2.75, 3.05) is 20.3 Å². The summed E-state index contributed by atoms with van der Waals surface area (Å²) in [6.07, 6.45) is -0.704. The molecule has 0 saturated carbocycles. The summed E-state index contributed by atoms with van der Waals surface area (Å²) in [4.78, 5) is 0. The molecule has 0 heterocycles. The molecule has 4 nitrogen and oxygen atoms in total. The summed E-state index contributed by atoms with van der Waals surface area (Å²) >= 11 is 0. The van der Waals surface area contributed by atoms with Crippen LogP contribution in [0, 0.1) is 0 Å². The van der Waals surface area contributed by atoms with Crippen LogP contribution in [0.4, 0.5) is 0 Å². The van der Waals surface area contributed by atoms with Gasteiger partial charge in [0, 0.05) is 6.54 Å². The second-order valence-corrected chi connectivity index (χ2v) is 4.78. The lowest BCUT2D eigenvalue weighted by Crippen LogP contribution is -2.29. The summed E-state index contributed by atoms with van der Waals surface area (Å²) in [6.45, 7) is 0.450. The number of hydrogen-bond donors (Lipinski definition) is 3. The summed E-state index contributed by atoms with van der Waals surface area (Å²) in [5.74, 6) is 0.755. The minimum Gasteiger partial charge on any atom is -0.497 e. The third-order valence-electron chi connectivity index (χ3n) is 3.41. The molecule has 0 aliphatic rings. The maximum atomic E-state index is 10.6. The fourth-order valence-corrected chi connectivity index (χ4v) is 2.29. The highest BCUT2D eigenvalue weighted by Crippen LogP contribution is 2.29. The van der Waals surface area contributed by atoms with Crippen LogP contribution >= 0.6 is 0 Å². The van der Waals surface area contributed by atoms with Gasteiger partial charge in [-0.1, -0.05) is 42.5 Å². The highest BCUT2D eigenvalue weighted by atomic mass is 16.5. The van der Waals surface area contributed by atoms with E-state index in [-0.39, 0.29) is 12.6 Å². The van der Waals surface area contributed by atoms with Crippen molar-refractivity contribution in [3.05, 3.63) is 65.7 Å². The van der Waals surface area contributed by atoms with Crippen molar-refractivity contribution in [2.24, 2.45) is 0 Å². The van der Waals surface area contributed by atoms with Crippen LogP contribution in [0.5, 0.6) is 5.75 Å². The molecule has 0 aliphatic carbocycles. The molecule has 3 N–H and O–H groups in total. The van der Waals surface area contributed by atoms with E-state index >= 15 is 0 Å². The number of ether oxygens (including phenoxy) is 1. The molecule has 0 fully saturated rings. The monoisotopic (exact) mass is 287 g/mol. The maximum absolute atomic E-state index is 10.6. The molecule has 21 heavy (non-hydrogen) atoms. The zero-order chi connectivity index (χ0) is 15.1. The van der Waals surface area contributed by atoms with Crippen LogP contribution in [0.2, 0.25) is 0 Å². The summed E-state index contributed by atoms with van der Waals surface area (Å²) in [7, 11) is 1.61. The van der Waals surface area contributed by atoms with E-state index in [9.17, 15) is 5.11 Å². The van der Waals surface area contributed by atoms with Crippen LogP contribution in [0.1, 0.15) is 23.3 Å². The Hall–Kier alpha value is -1.88. The van der Waals surface area contributed by atoms with Crippen LogP contribution in [0.15, 0.2) is 54.6 Å². The zero-order valence-electron chi connectivity index (χ0n) is 12.1. The molecular weight excluding hydrogens is 266 g/mol. The Bertz CT molecular complexity index is 527. The van der Waals surface area contributed by atoms with Gasteiger partial charge >= 0.3 is 0 Å². The smallest absolute Gasteiger partial charge is 0.118 e. The first-order valence-corrected chi connectivity index (χ1v) is 6.97. The third kappa shape index (κ3) is 4.04. The number of hydrogen-bond acceptors (Lipinski definition) is 4. The Morgan fingerprint density at radius 2 is 1.67 bits per heavy atom. The average molecular weight is 287 g/mol. The quantitative estimate of drug-likeness (QED) is 0.729. The van der Waals surface area contributed by atoms with Gasteiger partial charge < -0.3 is 20.3 Å². The van der Waals surface area contributed by atoms with Crippen molar-refractivity contribution in [2.45, 2.75) is 12.1 Å². The van der Waals surface area contributed by atoms with Gasteiger partial charge in [0.2, 0.25) is 0 Å². The number of methoxy groups -OCH3 is 1. The van der Waals surface area contributed by atoms with E-state index in [0.717, 1.165) is 16.9 Å². The molecule has 0 aromatic heterocycles. The van der Waals surface area contributed by atoms with E-state index in [2.05, 4.69) is 5.32 Å². The second kappa shape index (κ2) is 7.78. The largest absolute Gasteiger partial charge is 0.497 e. The van der Waals surface area contributed by atoms with Gasteiger partial charge in [0.1, 0.15) is 5.75 Å². The Balaban J connectivity index is 2.22. The van der Waals surface area contributed by atoms with E-state index < -0.39 is 6.10 Å². The predicted molar refractivity (Wildman–Crippen MR) is 82.2 cm³/mol. The second-order valence-electron chi connectivity index (χ2n) is 4.78. The molecule has 0 spiro atoms. The highest BCUT2D eigenvalue weighted by Gasteiger charge is 2.22. The summed E-state index contributed by atoms with van der Waals surface area (Å²) in [5.41, 5.74) is 1.78. The van der Waals surface area contributed by atoms with Gasteiger partial charge in [-0.25, -0.2) is 0 Å². The molecule has 0 radical (unpaired) electrons. The highest BCUT2D eigenvalue weighted by molar-refractivity contribution is 5.31. The summed E-state index contributed by atoms with van der Waals surface area (Å²) < 4.78 is 5.13. The van der Waals surface area contributed by atoms with Crippen molar-refractivity contribution < 1.29 is 14.9 Å². The standard InChI is InChI=1S/C17H21NO3/c1-21-15-9-7-14(8-10-15)17(20)16(18-11-12-19)13-5-3-2-4-6-13/h2-10,16-20H,11-12H2,1H3. The maximum Gasteiger partial charge on any atom is 0.118 e. The van der Waals surface area contributed by atoms with E-state index in [0.29, 0.717) is 6.54 Å². The van der Waals surface area contributed by atoms with Gasteiger partial charge in [-0.2, -0.15) is 0 Å². The molecule has 4 heteroatoms. The first kappa shape index (κ1) is 15.5. The number of aliphatic hydroxyl groups excluding tert-OH is 2. The van der Waals surface area contributed by atoms with E-state index in [1.54, 1.807) is 7.11 Å². The van der Waals surface area contributed by atoms with Gasteiger partial charge in [-0.05, 0) is 23.3 Å². The molecule has 2 atom stereocenters. The molecule has 0 saturated heterocycles. The lowest BCUT2D eigenvalue weighted by molar-refractivity contribution is 0.124. The molecule has 0 bridgehead atoms. The predicted octanol–water partition coefficient (Wildman–Crippen LogP) is 2.05. The average Bonchev–Trinajstić information content (AvgIpc) is 2.56. The number of benzene rings is 2. The lowest BCUT2D eigenvalue weighted by atomic mass is 9.95. The fourth-order valence-electron chi connectivity index (χ4n) is 2.29. The van der Waals surface area contributed by atoms with Crippen LogP contribution in [-0.2, 0) is 0 Å². The van der Waals surface area contributed by atoms with Crippen molar-refractivity contribution in [3.8, 4) is 5.75 Å². The molecular formula is C17H21NO3. The molecule has 2 unspecified atom stereocenters. The molecule has 0 amide bonds. The van der Waals surface area contributed by atoms with Gasteiger partial charge in [-0.15, -0.1) is 0 Å². The van der Waals surface area contributed by atoms with Crippen LogP contribution in [-0.4, -0.2) is 30.5 Å². The molecule has 0 aliphatic heterocycles. The minimum atomic E-state index is -0.704. The van der Waals surface area contributed by atoms with E-state index in [1.807, 2.05) is 54.6 Å². The zero-order valence-corrected chi connectivity index (χ0v) is 12.1. The van der Waals surface area contributed by atoms with E-state index in [4.69, 9.17) is 9.84 Å². The van der Waals surface area contributed by atoms with Gasteiger partial charge in [0.25, 0.3) is 0 Å². The third-order valence-corrected chi connectivity index (χ3v) is 3.41. The number of rotatable bonds is 7. The van der Waals surface area contributed by atoms with Gasteiger partial charge in [-0.3, -0.25) is 0 Å². The van der Waals surface area contributed by atoms with Crippen molar-refractivity contribution in [1.29, 1.82) is 0 Å². The SMILES string of the molecule is COc1ccc(C(O)C(NCCO)c2ccccc2)cc1. The van der Waals surface area contributed by atoms with Crippen molar-refractivity contribution >= 4 is 0 Å². The Kier molecular flexibility index (Phi) is 5.75. The molecule has 112 valence electrons. The Morgan fingerprint density at radius 3 is 2.24 bits per heavy atom. The van der Waals surface area contributed by atoms with Crippen LogP contribution in [0.25, 0.3) is 0 Å².